The minimum Gasteiger partial charge on any atom is -0.462 e. The van der Waals surface area contributed by atoms with Crippen LogP contribution < -0.4 is 0 Å². The van der Waals surface area contributed by atoms with E-state index in [1.54, 1.807) is 40.2 Å². The lowest BCUT2D eigenvalue weighted by Gasteiger charge is -2.48. The summed E-state index contributed by atoms with van der Waals surface area (Å²) in [5.41, 5.74) is 0.129. The number of aliphatic hydroxyl groups is 3. The molecule has 342 valence electrons. The minimum absolute atomic E-state index is 0.0313. The number of methoxy groups -OCH3 is 2. The van der Waals surface area contributed by atoms with E-state index >= 15 is 0 Å². The molecule has 14 nitrogen and oxygen atoms in total. The van der Waals surface area contributed by atoms with Crippen molar-refractivity contribution in [2.75, 3.05) is 20.8 Å². The van der Waals surface area contributed by atoms with Crippen LogP contribution in [-0.4, -0.2) is 139 Å². The van der Waals surface area contributed by atoms with Gasteiger partial charge in [0.05, 0.1) is 49.3 Å². The number of hydrogen-bond acceptors (Lipinski definition) is 14. The summed E-state index contributed by atoms with van der Waals surface area (Å²) in [6.45, 7) is 16.0. The fourth-order valence-corrected chi connectivity index (χ4v) is 10.4. The molecule has 14 heteroatoms. The third kappa shape index (κ3) is 9.58. The van der Waals surface area contributed by atoms with Crippen molar-refractivity contribution in [2.45, 2.75) is 185 Å². The van der Waals surface area contributed by atoms with E-state index in [1.165, 1.54) is 0 Å². The van der Waals surface area contributed by atoms with Gasteiger partial charge in [-0.3, -0.25) is 4.79 Å². The second kappa shape index (κ2) is 19.0. The highest BCUT2D eigenvalue weighted by molar-refractivity contribution is 5.78. The quantitative estimate of drug-likeness (QED) is 0.231. The topological polar surface area (TPSA) is 170 Å². The Hall–Kier alpha value is -2.31. The van der Waals surface area contributed by atoms with Gasteiger partial charge < -0.3 is 62.7 Å². The Bertz CT molecular complexity index is 1710. The molecule has 0 radical (unpaired) electrons. The zero-order valence-electron chi connectivity index (χ0n) is 37.5. The van der Waals surface area contributed by atoms with Crippen molar-refractivity contribution >= 4 is 5.97 Å². The van der Waals surface area contributed by atoms with Crippen molar-refractivity contribution in [3.8, 4) is 0 Å². The molecule has 7 rings (SSSR count). The molecule has 19 atom stereocenters. The van der Waals surface area contributed by atoms with E-state index in [0.29, 0.717) is 43.3 Å². The van der Waals surface area contributed by atoms with Crippen LogP contribution in [0.15, 0.2) is 59.3 Å². The largest absolute Gasteiger partial charge is 0.462 e. The number of fused-ring (bicyclic) bond motifs is 2. The molecule has 0 aromatic carbocycles. The lowest BCUT2D eigenvalue weighted by molar-refractivity contribution is -0.318. The second-order valence-electron chi connectivity index (χ2n) is 18.8. The van der Waals surface area contributed by atoms with Gasteiger partial charge in [0.25, 0.3) is 0 Å². The zero-order valence-corrected chi connectivity index (χ0v) is 37.5. The summed E-state index contributed by atoms with van der Waals surface area (Å²) in [4.78, 5) is 14.3. The van der Waals surface area contributed by atoms with E-state index < -0.39 is 90.8 Å². The summed E-state index contributed by atoms with van der Waals surface area (Å²) in [5, 5.41) is 34.2. The van der Waals surface area contributed by atoms with Crippen LogP contribution in [0.5, 0.6) is 0 Å². The highest BCUT2D eigenvalue weighted by Crippen LogP contribution is 2.47. The third-order valence-electron chi connectivity index (χ3n) is 14.0. The fraction of sp³-hybridized carbons (Fsp3) is 0.766. The molecule has 7 aliphatic rings. The molecule has 2 bridgehead atoms. The Kier molecular flexibility index (Phi) is 14.6. The average Bonchev–Trinajstić information content (AvgIpc) is 3.56. The van der Waals surface area contributed by atoms with Crippen LogP contribution >= 0.6 is 0 Å². The van der Waals surface area contributed by atoms with Gasteiger partial charge in [-0.15, -0.1) is 0 Å². The van der Waals surface area contributed by atoms with Gasteiger partial charge in [0.1, 0.15) is 42.0 Å². The number of allylic oxidation sites excluding steroid dienone is 2. The number of ether oxygens (including phenoxy) is 10. The molecule has 61 heavy (non-hydrogen) atoms. The molecule has 0 aromatic rings. The predicted octanol–water partition coefficient (Wildman–Crippen LogP) is 4.99. The maximum atomic E-state index is 14.3. The normalized spacial score (nSPS) is 49.3. The summed E-state index contributed by atoms with van der Waals surface area (Å²) < 4.78 is 63.5. The number of carbonyl (C=O) groups is 1. The van der Waals surface area contributed by atoms with Crippen molar-refractivity contribution in [1.82, 2.24) is 0 Å². The van der Waals surface area contributed by atoms with Crippen LogP contribution in [0.1, 0.15) is 87.5 Å². The number of rotatable bonds is 7. The van der Waals surface area contributed by atoms with E-state index in [-0.39, 0.29) is 42.7 Å². The Morgan fingerprint density at radius 3 is 2.28 bits per heavy atom. The first-order chi connectivity index (χ1) is 29.0. The van der Waals surface area contributed by atoms with Gasteiger partial charge in [0, 0.05) is 51.7 Å². The predicted molar refractivity (Wildman–Crippen MR) is 223 cm³/mol. The molecule has 6 aliphatic heterocycles. The Balaban J connectivity index is 1.18. The van der Waals surface area contributed by atoms with Gasteiger partial charge >= 0.3 is 5.97 Å². The Labute approximate surface area is 361 Å². The van der Waals surface area contributed by atoms with E-state index in [4.69, 9.17) is 47.4 Å². The molecule has 0 saturated carbocycles. The zero-order chi connectivity index (χ0) is 44.0. The second-order valence-corrected chi connectivity index (χ2v) is 18.8. The smallest absolute Gasteiger partial charge is 0.316 e. The molecular weight excluding hydrogens is 789 g/mol. The molecule has 3 N–H and O–H groups in total. The van der Waals surface area contributed by atoms with Crippen molar-refractivity contribution in [3.63, 3.8) is 0 Å². The average molecular weight is 859 g/mol. The Morgan fingerprint density at radius 1 is 0.852 bits per heavy atom. The molecule has 4 saturated heterocycles. The summed E-state index contributed by atoms with van der Waals surface area (Å²) in [6, 6.07) is 0. The molecule has 1 aliphatic carbocycles. The van der Waals surface area contributed by atoms with Crippen LogP contribution in [0, 0.1) is 23.7 Å². The molecule has 6 heterocycles. The van der Waals surface area contributed by atoms with Gasteiger partial charge in [-0.1, -0.05) is 64.2 Å². The monoisotopic (exact) mass is 858 g/mol. The van der Waals surface area contributed by atoms with Crippen LogP contribution in [0.3, 0.4) is 0 Å². The molecule has 0 aromatic heterocycles. The molecule has 0 amide bonds. The lowest BCUT2D eigenvalue weighted by atomic mass is 9.71. The molecule has 1 unspecified atom stereocenters. The Morgan fingerprint density at radius 2 is 1.56 bits per heavy atom. The first-order valence-corrected chi connectivity index (χ1v) is 22.3. The van der Waals surface area contributed by atoms with Crippen molar-refractivity contribution in [2.24, 2.45) is 23.7 Å². The van der Waals surface area contributed by atoms with Gasteiger partial charge in [0.2, 0.25) is 0 Å². The number of carbonyl (C=O) groups excluding carboxylic acids is 1. The first-order valence-electron chi connectivity index (χ1n) is 22.3. The summed E-state index contributed by atoms with van der Waals surface area (Å²) in [6.07, 6.45) is 7.54. The maximum Gasteiger partial charge on any atom is 0.316 e. The number of hydrogen-bond donors (Lipinski definition) is 3. The standard InChI is InChI=1S/C47H70O14/c1-24(2)41-27(5)16-17-46(61-41)22-33-19-32(60-46)15-14-26(4)42(25(3)12-11-13-31-23-54-44-39(48)28(6)18-34(45(50)57-33)47(31,44)51)58-38-21-36(53-10)43(30(8)56-38)59-37-20-35(52-9)40(49)29(7)55-37/h11-14,16-18,24-25,27,29-30,32-44,48-49,51H,15,19-23H2,1-10H3/b12-11+,26-14+,31-13+/t25-,27-,29-,30-,32+,33-,34-,35-,36-,37-,38-,39+,40-,41+,42-,43-,44?,46+,47+/m0/s1. The SMILES string of the molecule is CO[C@H]1C[C@H](O[C@H]2[C@H](C)O[C@@H](O[C@@H]3/C(C)=C/C[C@@H]4C[C@@H](C[C@]5(C=C[C@H](C)[C@@H](C(C)C)O5)O4)OC(=O)[C@@H]4C=C(C)[C@@H](O)C5OC/C(=C\C=C\[C@@H]3C)[C@]54O)C[C@@H]2OC)O[C@@H](C)[C@@H]1O. The van der Waals surface area contributed by atoms with Crippen LogP contribution in [0.4, 0.5) is 0 Å². The minimum atomic E-state index is -1.83. The molecule has 1 spiro atoms. The van der Waals surface area contributed by atoms with Gasteiger partial charge in [-0.25, -0.2) is 0 Å². The molecule has 4 fully saturated rings. The van der Waals surface area contributed by atoms with Crippen molar-refractivity contribution in [1.29, 1.82) is 0 Å². The van der Waals surface area contributed by atoms with Crippen LogP contribution in [0.2, 0.25) is 0 Å². The third-order valence-corrected chi connectivity index (χ3v) is 14.0. The number of esters is 1. The van der Waals surface area contributed by atoms with E-state index in [9.17, 15) is 20.1 Å². The van der Waals surface area contributed by atoms with Crippen molar-refractivity contribution < 1.29 is 67.5 Å². The summed E-state index contributed by atoms with van der Waals surface area (Å²) in [7, 11) is 3.22. The van der Waals surface area contributed by atoms with Crippen LogP contribution in [0.25, 0.3) is 0 Å². The van der Waals surface area contributed by atoms with Crippen molar-refractivity contribution in [3.05, 3.63) is 59.3 Å². The summed E-state index contributed by atoms with van der Waals surface area (Å²) in [5.74, 6) is -2.62. The van der Waals surface area contributed by atoms with Gasteiger partial charge in [-0.05, 0) is 62.8 Å². The molecular formula is C47H70O14. The number of aliphatic hydroxyl groups excluding tert-OH is 2. The van der Waals surface area contributed by atoms with E-state index in [1.807, 2.05) is 32.1 Å². The van der Waals surface area contributed by atoms with E-state index in [0.717, 1.165) is 5.57 Å². The highest BCUT2D eigenvalue weighted by Gasteiger charge is 2.60. The highest BCUT2D eigenvalue weighted by atomic mass is 16.7. The first kappa shape index (κ1) is 46.7. The fourth-order valence-electron chi connectivity index (χ4n) is 10.4. The van der Waals surface area contributed by atoms with E-state index in [2.05, 4.69) is 39.8 Å². The maximum absolute atomic E-state index is 14.3. The lowest BCUT2D eigenvalue weighted by Crippen LogP contribution is -2.58. The van der Waals surface area contributed by atoms with Gasteiger partial charge in [0.15, 0.2) is 18.4 Å². The van der Waals surface area contributed by atoms with Gasteiger partial charge in [-0.2, -0.15) is 0 Å². The van der Waals surface area contributed by atoms with Crippen LogP contribution in [-0.2, 0) is 52.2 Å². The summed E-state index contributed by atoms with van der Waals surface area (Å²) >= 11 is 0.